The highest BCUT2D eigenvalue weighted by atomic mass is 16.4. The van der Waals surface area contributed by atoms with Crippen LogP contribution in [-0.4, -0.2) is 62.4 Å². The Morgan fingerprint density at radius 3 is 1.19 bits per heavy atom. The number of carbonyl (C=O) groups is 3. The third-order valence-corrected chi connectivity index (χ3v) is 7.81. The van der Waals surface area contributed by atoms with Crippen LogP contribution in [0.5, 0.6) is 0 Å². The molecule has 0 aliphatic heterocycles. The van der Waals surface area contributed by atoms with E-state index in [4.69, 9.17) is 0 Å². The van der Waals surface area contributed by atoms with E-state index in [-0.39, 0.29) is 6.54 Å². The molecule has 3 atom stereocenters. The Bertz CT molecular complexity index is 597. The lowest BCUT2D eigenvalue weighted by Gasteiger charge is -2.47. The molecular formula is C29H54NO6+. The van der Waals surface area contributed by atoms with E-state index in [2.05, 4.69) is 13.0 Å². The maximum Gasteiger partial charge on any atom is 0.362 e. The van der Waals surface area contributed by atoms with Crippen LogP contribution < -0.4 is 0 Å². The number of hydrogen-bond donors (Lipinski definition) is 3. The van der Waals surface area contributed by atoms with Gasteiger partial charge in [0.05, 0.1) is 6.54 Å². The summed E-state index contributed by atoms with van der Waals surface area (Å²) in [5, 5.41) is 28.8. The summed E-state index contributed by atoms with van der Waals surface area (Å²) in [6.45, 7) is 6.60. The molecule has 0 rings (SSSR count). The van der Waals surface area contributed by atoms with Gasteiger partial charge in [-0.15, -0.1) is 0 Å². The molecule has 3 unspecified atom stereocenters. The van der Waals surface area contributed by atoms with Crippen LogP contribution in [0.3, 0.4) is 0 Å². The van der Waals surface area contributed by atoms with E-state index < -0.39 is 40.5 Å². The molecule has 210 valence electrons. The maximum atomic E-state index is 11.8. The molecule has 0 fully saturated rings. The topological polar surface area (TPSA) is 112 Å². The molecule has 3 N–H and O–H groups in total. The van der Waals surface area contributed by atoms with Crippen molar-refractivity contribution in [1.29, 1.82) is 0 Å². The van der Waals surface area contributed by atoms with Crippen molar-refractivity contribution in [2.45, 2.75) is 149 Å². The molecule has 0 spiro atoms. The molecule has 7 heteroatoms. The van der Waals surface area contributed by atoms with Crippen molar-refractivity contribution in [2.24, 2.45) is 0 Å². The maximum absolute atomic E-state index is 11.8. The van der Waals surface area contributed by atoms with Crippen LogP contribution in [0.2, 0.25) is 0 Å². The Balaban J connectivity index is 4.28. The summed E-state index contributed by atoms with van der Waals surface area (Å²) in [5.41, 5.74) is 0. The lowest BCUT2D eigenvalue weighted by atomic mass is 10.0. The van der Waals surface area contributed by atoms with Gasteiger partial charge in [0.25, 0.3) is 0 Å². The molecule has 0 aromatic heterocycles. The zero-order valence-corrected chi connectivity index (χ0v) is 23.4. The summed E-state index contributed by atoms with van der Waals surface area (Å²) in [6.07, 6.45) is 23.8. The predicted octanol–water partition coefficient (Wildman–Crippen LogP) is 7.04. The van der Waals surface area contributed by atoms with Gasteiger partial charge in [-0.1, -0.05) is 103 Å². The van der Waals surface area contributed by atoms with Crippen LogP contribution >= 0.6 is 0 Å². The van der Waals surface area contributed by atoms with E-state index in [0.29, 0.717) is 6.42 Å². The van der Waals surface area contributed by atoms with Gasteiger partial charge in [-0.2, -0.15) is 0 Å². The summed E-state index contributed by atoms with van der Waals surface area (Å²) in [7, 11) is 0. The van der Waals surface area contributed by atoms with Crippen LogP contribution in [0.15, 0.2) is 12.2 Å². The molecule has 0 aliphatic carbocycles. The minimum Gasteiger partial charge on any atom is -0.477 e. The third kappa shape index (κ3) is 12.9. The van der Waals surface area contributed by atoms with Gasteiger partial charge in [0.15, 0.2) is 18.1 Å². The molecule has 0 aromatic rings. The predicted molar refractivity (Wildman–Crippen MR) is 145 cm³/mol. The molecule has 0 aromatic carbocycles. The summed E-state index contributed by atoms with van der Waals surface area (Å²) in [6, 6.07) is -3.45. The fourth-order valence-corrected chi connectivity index (χ4v) is 5.19. The van der Waals surface area contributed by atoms with E-state index in [1.54, 1.807) is 0 Å². The van der Waals surface area contributed by atoms with Crippen LogP contribution in [0.4, 0.5) is 0 Å². The van der Waals surface area contributed by atoms with Gasteiger partial charge in [0, 0.05) is 6.42 Å². The van der Waals surface area contributed by atoms with E-state index in [0.717, 1.165) is 12.8 Å². The SMILES string of the molecule is CCCCCCCCCCCCCCCC/C=C/CC[N+](C(C)C(=O)O)(C(C)C(=O)O)C(C)C(=O)O. The van der Waals surface area contributed by atoms with Crippen molar-refractivity contribution >= 4 is 17.9 Å². The number of hydrogen-bond acceptors (Lipinski definition) is 3. The summed E-state index contributed by atoms with van der Waals surface area (Å²) < 4.78 is -0.525. The fraction of sp³-hybridized carbons (Fsp3) is 0.828. The van der Waals surface area contributed by atoms with Gasteiger partial charge in [-0.3, -0.25) is 4.48 Å². The Kier molecular flexibility index (Phi) is 19.1. The van der Waals surface area contributed by atoms with Gasteiger partial charge in [0.1, 0.15) is 0 Å². The van der Waals surface area contributed by atoms with Gasteiger partial charge < -0.3 is 15.3 Å². The average molecular weight is 513 g/mol. The van der Waals surface area contributed by atoms with Crippen molar-refractivity contribution < 1.29 is 34.2 Å². The van der Waals surface area contributed by atoms with Crippen LogP contribution in [-0.2, 0) is 14.4 Å². The Morgan fingerprint density at radius 1 is 0.556 bits per heavy atom. The molecule has 0 aliphatic rings. The second-order valence-electron chi connectivity index (χ2n) is 10.4. The number of rotatable bonds is 24. The lowest BCUT2D eigenvalue weighted by molar-refractivity contribution is -0.967. The molecule has 0 amide bonds. The standard InChI is InChI=1S/C29H53NO6/c1-5-6-7-8-9-10-11-12-13-14-15-16-17-18-19-20-21-22-23-30(24(2)27(31)32,25(3)28(33)34)26(4)29(35)36/h20-21,24-26H,5-19,22-23H2,1-4H3,(H2-,31,32,33,34,35,36)/p+1/b21-20+. The van der Waals surface area contributed by atoms with Gasteiger partial charge in [-0.25, -0.2) is 14.4 Å². The highest BCUT2D eigenvalue weighted by Crippen LogP contribution is 2.27. The molecule has 0 heterocycles. The summed E-state index contributed by atoms with van der Waals surface area (Å²) >= 11 is 0. The monoisotopic (exact) mass is 512 g/mol. The Morgan fingerprint density at radius 2 is 0.861 bits per heavy atom. The number of carboxylic acid groups (broad SMARTS) is 3. The minimum atomic E-state index is -1.19. The van der Waals surface area contributed by atoms with E-state index >= 15 is 0 Å². The highest BCUT2D eigenvalue weighted by Gasteiger charge is 2.52. The first-order valence-corrected chi connectivity index (χ1v) is 14.3. The van der Waals surface area contributed by atoms with Crippen molar-refractivity contribution in [3.05, 3.63) is 12.2 Å². The molecule has 0 saturated heterocycles. The molecular weight excluding hydrogens is 458 g/mol. The molecule has 7 nitrogen and oxygen atoms in total. The second-order valence-corrected chi connectivity index (χ2v) is 10.4. The number of unbranched alkanes of at least 4 members (excludes halogenated alkanes) is 14. The molecule has 0 bridgehead atoms. The minimum absolute atomic E-state index is 0.143. The molecule has 0 saturated carbocycles. The first-order valence-electron chi connectivity index (χ1n) is 14.3. The largest absolute Gasteiger partial charge is 0.477 e. The summed E-state index contributed by atoms with van der Waals surface area (Å²) in [5.74, 6) is -3.58. The van der Waals surface area contributed by atoms with Gasteiger partial charge in [-0.05, 0) is 33.6 Å². The van der Waals surface area contributed by atoms with E-state index in [9.17, 15) is 29.7 Å². The van der Waals surface area contributed by atoms with Crippen molar-refractivity contribution in [1.82, 2.24) is 0 Å². The first kappa shape index (κ1) is 34.1. The van der Waals surface area contributed by atoms with Crippen LogP contribution in [0, 0.1) is 0 Å². The second kappa shape index (κ2) is 20.2. The van der Waals surface area contributed by atoms with Crippen molar-refractivity contribution in [3.8, 4) is 0 Å². The zero-order chi connectivity index (χ0) is 27.4. The Hall–Kier alpha value is -1.89. The molecule has 0 radical (unpaired) electrons. The third-order valence-electron chi connectivity index (χ3n) is 7.81. The van der Waals surface area contributed by atoms with Gasteiger partial charge >= 0.3 is 17.9 Å². The highest BCUT2D eigenvalue weighted by molar-refractivity contribution is 5.77. The number of nitrogens with zero attached hydrogens (tertiary/aromatic N) is 1. The van der Waals surface area contributed by atoms with E-state index in [1.165, 1.54) is 104 Å². The van der Waals surface area contributed by atoms with E-state index in [1.807, 2.05) is 6.08 Å². The quantitative estimate of drug-likeness (QED) is 0.0726. The number of allylic oxidation sites excluding steroid dienone is 1. The smallest absolute Gasteiger partial charge is 0.362 e. The molecule has 36 heavy (non-hydrogen) atoms. The first-order chi connectivity index (χ1) is 17.1. The summed E-state index contributed by atoms with van der Waals surface area (Å²) in [4.78, 5) is 35.3. The van der Waals surface area contributed by atoms with Gasteiger partial charge in [0.2, 0.25) is 0 Å². The zero-order valence-electron chi connectivity index (χ0n) is 23.4. The fourth-order valence-electron chi connectivity index (χ4n) is 5.19. The number of quaternary nitrogens is 1. The lowest BCUT2D eigenvalue weighted by Crippen LogP contribution is -2.70. The van der Waals surface area contributed by atoms with Crippen molar-refractivity contribution in [3.63, 3.8) is 0 Å². The Labute approximate surface area is 219 Å². The normalized spacial score (nSPS) is 15.9. The van der Waals surface area contributed by atoms with Crippen LogP contribution in [0.25, 0.3) is 0 Å². The van der Waals surface area contributed by atoms with Crippen molar-refractivity contribution in [2.75, 3.05) is 6.54 Å². The average Bonchev–Trinajstić information content (AvgIpc) is 2.84. The number of aliphatic carboxylic acids is 3. The van der Waals surface area contributed by atoms with Crippen LogP contribution in [0.1, 0.15) is 130 Å². The number of carboxylic acids is 3.